The van der Waals surface area contributed by atoms with Crippen LogP contribution in [0, 0.1) is 0 Å². The molecule has 4 N–H and O–H groups in total. The minimum absolute atomic E-state index is 0.0462. The number of hydrogen-bond acceptors (Lipinski definition) is 4. The van der Waals surface area contributed by atoms with E-state index in [9.17, 15) is 13.2 Å². The number of nitrogens with two attached hydrogens (primary N) is 2. The van der Waals surface area contributed by atoms with Crippen LogP contribution in [0.5, 0.6) is 0 Å². The Hall–Kier alpha value is -1.89. The molecule has 7 heteroatoms. The third kappa shape index (κ3) is 2.93. The van der Waals surface area contributed by atoms with E-state index in [1.165, 1.54) is 6.20 Å². The fourth-order valence-electron chi connectivity index (χ4n) is 2.08. The minimum atomic E-state index is -4.53. The van der Waals surface area contributed by atoms with Crippen LogP contribution >= 0.6 is 0 Å². The molecule has 1 aromatic rings. The molecule has 0 radical (unpaired) electrons. The summed E-state index contributed by atoms with van der Waals surface area (Å²) in [6, 6.07) is 5.01. The van der Waals surface area contributed by atoms with E-state index in [1.54, 1.807) is 18.2 Å². The Morgan fingerprint density at radius 2 is 2.05 bits per heavy atom. The number of pyridine rings is 1. The maximum atomic E-state index is 13.0. The molecule has 0 fully saturated rings. The zero-order chi connectivity index (χ0) is 14.1. The molecule has 1 atom stereocenters. The number of amidine groups is 1. The summed E-state index contributed by atoms with van der Waals surface area (Å²) in [6.07, 6.45) is -2.50. The predicted molar refractivity (Wildman–Crippen MR) is 65.2 cm³/mol. The quantitative estimate of drug-likeness (QED) is 0.855. The smallest absolute Gasteiger partial charge is 0.387 e. The second-order valence-corrected chi connectivity index (χ2v) is 4.49. The van der Waals surface area contributed by atoms with Crippen LogP contribution < -0.4 is 11.5 Å². The van der Waals surface area contributed by atoms with Gasteiger partial charge in [-0.1, -0.05) is 6.07 Å². The fourth-order valence-corrected chi connectivity index (χ4v) is 2.08. The minimum Gasteiger partial charge on any atom is -0.387 e. The van der Waals surface area contributed by atoms with Gasteiger partial charge in [0.2, 0.25) is 0 Å². The Kier molecular flexibility index (Phi) is 3.32. The highest BCUT2D eigenvalue weighted by Gasteiger charge is 2.48. The number of nitrogens with zero attached hydrogens (tertiary/aromatic N) is 2. The summed E-state index contributed by atoms with van der Waals surface area (Å²) in [5.41, 5.74) is 9.41. The molecule has 102 valence electrons. The van der Waals surface area contributed by atoms with E-state index in [4.69, 9.17) is 11.5 Å². The van der Waals surface area contributed by atoms with Gasteiger partial charge in [-0.25, -0.2) is 4.99 Å². The van der Waals surface area contributed by atoms with Crippen LogP contribution in [0.4, 0.5) is 13.2 Å². The Balaban J connectivity index is 2.35. The Bertz CT molecular complexity index is 522. The Labute approximate surface area is 108 Å². The van der Waals surface area contributed by atoms with Gasteiger partial charge in [0.05, 0.1) is 11.1 Å². The largest absolute Gasteiger partial charge is 0.415 e. The number of aromatic nitrogens is 1. The van der Waals surface area contributed by atoms with Crippen molar-refractivity contribution >= 4 is 5.84 Å². The van der Waals surface area contributed by atoms with Crippen molar-refractivity contribution in [3.05, 3.63) is 41.9 Å². The van der Waals surface area contributed by atoms with E-state index < -0.39 is 17.3 Å². The van der Waals surface area contributed by atoms with E-state index in [0.717, 1.165) is 0 Å². The lowest BCUT2D eigenvalue weighted by Gasteiger charge is -2.34. The summed E-state index contributed by atoms with van der Waals surface area (Å²) in [5.74, 6) is 0.0893. The molecular weight excluding hydrogens is 257 g/mol. The number of alkyl halides is 3. The van der Waals surface area contributed by atoms with Crippen molar-refractivity contribution in [2.75, 3.05) is 0 Å². The maximum absolute atomic E-state index is 13.0. The average molecular weight is 270 g/mol. The monoisotopic (exact) mass is 270 g/mol. The lowest BCUT2D eigenvalue weighted by atomic mass is 9.81. The molecule has 0 aromatic carbocycles. The summed E-state index contributed by atoms with van der Waals surface area (Å²) in [6.45, 7) is 0. The molecule has 19 heavy (non-hydrogen) atoms. The van der Waals surface area contributed by atoms with Gasteiger partial charge in [-0.15, -0.1) is 0 Å². The van der Waals surface area contributed by atoms with Crippen molar-refractivity contribution in [3.63, 3.8) is 0 Å². The molecule has 0 bridgehead atoms. The van der Waals surface area contributed by atoms with E-state index in [1.807, 2.05) is 0 Å². The predicted octanol–water partition coefficient (Wildman–Crippen LogP) is 1.53. The number of halogens is 3. The lowest BCUT2D eigenvalue weighted by Crippen LogP contribution is -2.52. The molecule has 0 saturated heterocycles. The molecule has 1 aliphatic rings. The van der Waals surface area contributed by atoms with Crippen LogP contribution in [0.3, 0.4) is 0 Å². The molecule has 0 aliphatic carbocycles. The number of aliphatic imine (C=N–C) groups is 1. The fraction of sp³-hybridized carbons (Fsp3) is 0.333. The molecule has 1 aliphatic heterocycles. The van der Waals surface area contributed by atoms with Gasteiger partial charge in [0, 0.05) is 30.9 Å². The van der Waals surface area contributed by atoms with Gasteiger partial charge in [-0.05, 0) is 12.1 Å². The van der Waals surface area contributed by atoms with Crippen LogP contribution in [0.1, 0.15) is 12.1 Å². The van der Waals surface area contributed by atoms with Gasteiger partial charge >= 0.3 is 6.18 Å². The van der Waals surface area contributed by atoms with Crippen LogP contribution in [-0.4, -0.2) is 22.5 Å². The van der Waals surface area contributed by atoms with Crippen LogP contribution in [-0.2, 0) is 6.42 Å². The maximum Gasteiger partial charge on any atom is 0.415 e. The summed E-state index contributed by atoms with van der Waals surface area (Å²) in [4.78, 5) is 7.53. The van der Waals surface area contributed by atoms with Crippen molar-refractivity contribution in [2.45, 2.75) is 24.6 Å². The average Bonchev–Trinajstić information content (AvgIpc) is 2.27. The summed E-state index contributed by atoms with van der Waals surface area (Å²) in [7, 11) is 0. The number of rotatable bonds is 2. The van der Waals surface area contributed by atoms with E-state index >= 15 is 0 Å². The van der Waals surface area contributed by atoms with Gasteiger partial charge in [0.1, 0.15) is 5.84 Å². The molecule has 0 amide bonds. The highest BCUT2D eigenvalue weighted by molar-refractivity contribution is 5.84. The molecule has 4 nitrogen and oxygen atoms in total. The Morgan fingerprint density at radius 1 is 1.32 bits per heavy atom. The highest BCUT2D eigenvalue weighted by Crippen LogP contribution is 2.38. The van der Waals surface area contributed by atoms with Gasteiger partial charge in [-0.2, -0.15) is 13.2 Å². The van der Waals surface area contributed by atoms with Crippen LogP contribution in [0.2, 0.25) is 0 Å². The van der Waals surface area contributed by atoms with Crippen molar-refractivity contribution < 1.29 is 13.2 Å². The van der Waals surface area contributed by atoms with Gasteiger partial charge in [0.15, 0.2) is 0 Å². The summed E-state index contributed by atoms with van der Waals surface area (Å²) >= 11 is 0. The SMILES string of the molecule is NC1=NC=C(C(F)(F)F)C(N)(Cc2ccccn2)C1. The molecule has 0 saturated carbocycles. The first-order valence-corrected chi connectivity index (χ1v) is 5.60. The topological polar surface area (TPSA) is 77.3 Å². The molecule has 2 rings (SSSR count). The summed E-state index contributed by atoms with van der Waals surface area (Å²) < 4.78 is 39.0. The first-order chi connectivity index (χ1) is 8.81. The molecule has 2 heterocycles. The first kappa shape index (κ1) is 13.5. The second-order valence-electron chi connectivity index (χ2n) is 4.49. The third-order valence-electron chi connectivity index (χ3n) is 2.92. The standard InChI is InChI=1S/C12H13F3N4/c13-12(14,15)9-7-19-10(16)6-11(9,17)5-8-3-1-2-4-18-8/h1-4,7H,5-6,17H2,(H2,16,19). The van der Waals surface area contributed by atoms with Crippen molar-refractivity contribution in [1.82, 2.24) is 4.98 Å². The third-order valence-corrected chi connectivity index (χ3v) is 2.92. The lowest BCUT2D eigenvalue weighted by molar-refractivity contribution is -0.101. The Morgan fingerprint density at radius 3 is 2.63 bits per heavy atom. The molecule has 1 unspecified atom stereocenters. The zero-order valence-corrected chi connectivity index (χ0v) is 9.98. The van der Waals surface area contributed by atoms with Crippen molar-refractivity contribution in [1.29, 1.82) is 0 Å². The van der Waals surface area contributed by atoms with Crippen LogP contribution in [0.25, 0.3) is 0 Å². The van der Waals surface area contributed by atoms with Gasteiger partial charge in [-0.3, -0.25) is 4.98 Å². The van der Waals surface area contributed by atoms with Crippen molar-refractivity contribution in [3.8, 4) is 0 Å². The van der Waals surface area contributed by atoms with E-state index in [2.05, 4.69) is 9.98 Å². The molecular formula is C12H13F3N4. The zero-order valence-electron chi connectivity index (χ0n) is 9.98. The van der Waals surface area contributed by atoms with Crippen LogP contribution in [0.15, 0.2) is 41.2 Å². The van der Waals surface area contributed by atoms with Crippen molar-refractivity contribution in [2.24, 2.45) is 16.5 Å². The highest BCUT2D eigenvalue weighted by atomic mass is 19.4. The summed E-state index contributed by atoms with van der Waals surface area (Å²) in [5, 5.41) is 0. The molecule has 1 aromatic heterocycles. The molecule has 0 spiro atoms. The van der Waals surface area contributed by atoms with Gasteiger partial charge in [0.25, 0.3) is 0 Å². The first-order valence-electron chi connectivity index (χ1n) is 5.60. The second kappa shape index (κ2) is 4.65. The number of hydrogen-bond donors (Lipinski definition) is 2. The normalized spacial score (nSPS) is 23.8. The van der Waals surface area contributed by atoms with E-state index in [0.29, 0.717) is 11.9 Å². The van der Waals surface area contributed by atoms with Gasteiger partial charge < -0.3 is 11.5 Å². The van der Waals surface area contributed by atoms with E-state index in [-0.39, 0.29) is 18.7 Å².